The van der Waals surface area contributed by atoms with E-state index in [0.29, 0.717) is 12.0 Å². The quantitative estimate of drug-likeness (QED) is 0.696. The van der Waals surface area contributed by atoms with Crippen LogP contribution in [-0.2, 0) is 6.54 Å². The molecule has 130 valence electrons. The highest BCUT2D eigenvalue weighted by Crippen LogP contribution is 2.42. The number of piperidine rings is 1. The fraction of sp³-hybridized carbons (Fsp3) is 0.350. The highest BCUT2D eigenvalue weighted by atomic mass is 79.9. The Morgan fingerprint density at radius 3 is 2.76 bits per heavy atom. The van der Waals surface area contributed by atoms with Crippen molar-refractivity contribution < 1.29 is 4.74 Å². The summed E-state index contributed by atoms with van der Waals surface area (Å²) in [5, 5.41) is 9.20. The monoisotopic (exact) mass is 418 g/mol. The second-order valence-electron chi connectivity index (χ2n) is 6.59. The molecule has 2 heterocycles. The Bertz CT molecular complexity index is 787. The van der Waals surface area contributed by atoms with Crippen LogP contribution < -0.4 is 4.74 Å². The molecule has 0 aliphatic carbocycles. The minimum Gasteiger partial charge on any atom is -0.492 e. The number of rotatable bonds is 2. The van der Waals surface area contributed by atoms with Crippen LogP contribution in [0.25, 0.3) is 0 Å². The van der Waals surface area contributed by atoms with Crippen LogP contribution in [0.4, 0.5) is 0 Å². The van der Waals surface area contributed by atoms with Crippen LogP contribution in [0.3, 0.4) is 0 Å². The first-order valence-corrected chi connectivity index (χ1v) is 9.19. The predicted octanol–water partition coefficient (Wildman–Crippen LogP) is 4.88. The number of nitriles is 1. The number of halogens is 2. The Balaban J connectivity index is 0.00000182. The van der Waals surface area contributed by atoms with E-state index >= 15 is 0 Å². The molecule has 2 aliphatic rings. The predicted molar refractivity (Wildman–Crippen MR) is 104 cm³/mol. The molecule has 0 bridgehead atoms. The van der Waals surface area contributed by atoms with E-state index in [2.05, 4.69) is 51.2 Å². The zero-order chi connectivity index (χ0) is 16.5. The maximum Gasteiger partial charge on any atom is 0.123 e. The van der Waals surface area contributed by atoms with Gasteiger partial charge in [0, 0.05) is 22.5 Å². The van der Waals surface area contributed by atoms with Crippen molar-refractivity contribution in [2.24, 2.45) is 0 Å². The summed E-state index contributed by atoms with van der Waals surface area (Å²) in [7, 11) is 0. The molecule has 0 N–H and O–H groups in total. The van der Waals surface area contributed by atoms with E-state index in [0.717, 1.165) is 35.5 Å². The van der Waals surface area contributed by atoms with Crippen molar-refractivity contribution in [3.05, 3.63) is 63.6 Å². The topological polar surface area (TPSA) is 36.3 Å². The van der Waals surface area contributed by atoms with Crippen molar-refractivity contribution in [1.29, 1.82) is 5.26 Å². The first kappa shape index (κ1) is 18.3. The summed E-state index contributed by atoms with van der Waals surface area (Å²) in [4.78, 5) is 2.54. The second-order valence-corrected chi connectivity index (χ2v) is 7.50. The van der Waals surface area contributed by atoms with E-state index in [1.54, 1.807) is 0 Å². The van der Waals surface area contributed by atoms with Gasteiger partial charge in [0.25, 0.3) is 0 Å². The highest BCUT2D eigenvalue weighted by molar-refractivity contribution is 9.10. The molecule has 2 aromatic carbocycles. The third kappa shape index (κ3) is 3.69. The van der Waals surface area contributed by atoms with Crippen LogP contribution in [0.1, 0.15) is 35.4 Å². The van der Waals surface area contributed by atoms with Crippen molar-refractivity contribution in [2.75, 3.05) is 13.2 Å². The van der Waals surface area contributed by atoms with Gasteiger partial charge < -0.3 is 4.74 Å². The van der Waals surface area contributed by atoms with E-state index < -0.39 is 0 Å². The molecule has 1 saturated heterocycles. The molecule has 4 rings (SSSR count). The minimum absolute atomic E-state index is 0. The van der Waals surface area contributed by atoms with Gasteiger partial charge in [0.1, 0.15) is 12.4 Å². The molecule has 2 atom stereocenters. The van der Waals surface area contributed by atoms with Gasteiger partial charge in [0.2, 0.25) is 0 Å². The molecule has 3 nitrogen and oxygen atoms in total. The molecule has 5 heteroatoms. The van der Waals surface area contributed by atoms with E-state index in [4.69, 9.17) is 4.74 Å². The van der Waals surface area contributed by atoms with Crippen LogP contribution in [0.15, 0.2) is 46.9 Å². The lowest BCUT2D eigenvalue weighted by Gasteiger charge is -2.44. The Kier molecular flexibility index (Phi) is 5.68. The summed E-state index contributed by atoms with van der Waals surface area (Å²) >= 11 is 3.50. The molecule has 2 unspecified atom stereocenters. The Morgan fingerprint density at radius 1 is 1.20 bits per heavy atom. The fourth-order valence-corrected chi connectivity index (χ4v) is 4.21. The number of nitrogens with zero attached hydrogens (tertiary/aromatic N) is 2. The largest absolute Gasteiger partial charge is 0.492 e. The summed E-state index contributed by atoms with van der Waals surface area (Å²) in [6.45, 7) is 2.79. The zero-order valence-electron chi connectivity index (χ0n) is 13.8. The summed E-state index contributed by atoms with van der Waals surface area (Å²) in [6.07, 6.45) is 2.36. The van der Waals surface area contributed by atoms with E-state index in [-0.39, 0.29) is 12.4 Å². The molecule has 0 aromatic heterocycles. The van der Waals surface area contributed by atoms with Crippen molar-refractivity contribution in [2.45, 2.75) is 31.3 Å². The van der Waals surface area contributed by atoms with Crippen LogP contribution in [-0.4, -0.2) is 24.1 Å². The van der Waals surface area contributed by atoms with Gasteiger partial charge in [-0.15, -0.1) is 12.4 Å². The molecular weight excluding hydrogens is 400 g/mol. The summed E-state index contributed by atoms with van der Waals surface area (Å²) in [5.41, 5.74) is 3.27. The Morgan fingerprint density at radius 2 is 2.00 bits per heavy atom. The van der Waals surface area contributed by atoms with Gasteiger partial charge in [0.05, 0.1) is 17.7 Å². The lowest BCUT2D eigenvalue weighted by molar-refractivity contribution is 0.0600. The average Bonchev–Trinajstić information content (AvgIpc) is 2.63. The van der Waals surface area contributed by atoms with Gasteiger partial charge in [-0.2, -0.15) is 5.26 Å². The summed E-state index contributed by atoms with van der Waals surface area (Å²) in [5.74, 6) is 1.42. The van der Waals surface area contributed by atoms with E-state index in [1.165, 1.54) is 24.0 Å². The molecule has 0 spiro atoms. The molecule has 0 amide bonds. The van der Waals surface area contributed by atoms with Crippen LogP contribution in [0.5, 0.6) is 5.75 Å². The SMILES string of the molecule is Cl.N#Cc1ccc2c(c1)C1CCCN(Cc3ccc(Br)cc3)C1CO2. The van der Waals surface area contributed by atoms with Crippen LogP contribution in [0, 0.1) is 11.3 Å². The first-order valence-electron chi connectivity index (χ1n) is 8.40. The maximum atomic E-state index is 9.20. The van der Waals surface area contributed by atoms with Crippen LogP contribution in [0.2, 0.25) is 0 Å². The number of hydrogen-bond donors (Lipinski definition) is 0. The normalized spacial score (nSPS) is 21.9. The Hall–Kier alpha value is -1.54. The molecule has 0 radical (unpaired) electrons. The van der Waals surface area contributed by atoms with Crippen molar-refractivity contribution in [3.63, 3.8) is 0 Å². The van der Waals surface area contributed by atoms with Gasteiger partial charge >= 0.3 is 0 Å². The van der Waals surface area contributed by atoms with Gasteiger partial charge in [-0.1, -0.05) is 28.1 Å². The number of likely N-dealkylation sites (tertiary alicyclic amines) is 1. The van der Waals surface area contributed by atoms with E-state index in [9.17, 15) is 5.26 Å². The van der Waals surface area contributed by atoms with Crippen LogP contribution >= 0.6 is 28.3 Å². The Labute approximate surface area is 163 Å². The summed E-state index contributed by atoms with van der Waals surface area (Å²) in [6, 6.07) is 17.0. The van der Waals surface area contributed by atoms with Gasteiger partial charge in [0.15, 0.2) is 0 Å². The lowest BCUT2D eigenvalue weighted by Crippen LogP contribution is -2.48. The zero-order valence-corrected chi connectivity index (χ0v) is 16.2. The third-order valence-corrected chi connectivity index (χ3v) is 5.67. The minimum atomic E-state index is 0. The third-order valence-electron chi connectivity index (χ3n) is 5.14. The van der Waals surface area contributed by atoms with Gasteiger partial charge in [-0.25, -0.2) is 0 Å². The standard InChI is InChI=1S/C20H19BrN2O.ClH/c21-16-6-3-14(4-7-16)12-23-9-1-2-17-18-10-15(11-22)5-8-20(18)24-13-19(17)23;/h3-8,10,17,19H,1-2,9,12-13H2;1H. The lowest BCUT2D eigenvalue weighted by atomic mass is 9.81. The number of benzene rings is 2. The number of hydrogen-bond acceptors (Lipinski definition) is 3. The smallest absolute Gasteiger partial charge is 0.123 e. The van der Waals surface area contributed by atoms with Crippen molar-refractivity contribution in [3.8, 4) is 11.8 Å². The van der Waals surface area contributed by atoms with E-state index in [1.807, 2.05) is 18.2 Å². The molecule has 0 saturated carbocycles. The van der Waals surface area contributed by atoms with Gasteiger partial charge in [-0.05, 0) is 55.3 Å². The first-order chi connectivity index (χ1) is 11.7. The number of ether oxygens (including phenoxy) is 1. The average molecular weight is 420 g/mol. The second kappa shape index (κ2) is 7.78. The molecule has 1 fully saturated rings. The number of fused-ring (bicyclic) bond motifs is 3. The van der Waals surface area contributed by atoms with Crippen molar-refractivity contribution >= 4 is 28.3 Å². The van der Waals surface area contributed by atoms with Crippen molar-refractivity contribution in [1.82, 2.24) is 4.90 Å². The van der Waals surface area contributed by atoms with Gasteiger partial charge in [-0.3, -0.25) is 4.90 Å². The molecule has 25 heavy (non-hydrogen) atoms. The fourth-order valence-electron chi connectivity index (χ4n) is 3.95. The summed E-state index contributed by atoms with van der Waals surface area (Å²) < 4.78 is 7.13. The maximum absolute atomic E-state index is 9.20. The molecule has 2 aromatic rings. The molecule has 2 aliphatic heterocycles. The molecular formula is C20H20BrClN2O. The highest BCUT2D eigenvalue weighted by Gasteiger charge is 2.37.